The summed E-state index contributed by atoms with van der Waals surface area (Å²) >= 11 is 0. The third-order valence-corrected chi connectivity index (χ3v) is 6.04. The number of likely N-dealkylation sites (tertiary alicyclic amines) is 1. The van der Waals surface area contributed by atoms with Gasteiger partial charge in [-0.05, 0) is 38.6 Å². The fourth-order valence-corrected chi connectivity index (χ4v) is 4.49. The van der Waals surface area contributed by atoms with Gasteiger partial charge in [-0.25, -0.2) is 8.42 Å². The van der Waals surface area contributed by atoms with Crippen LogP contribution in [0.15, 0.2) is 0 Å². The second-order valence-corrected chi connectivity index (χ2v) is 8.13. The lowest BCUT2D eigenvalue weighted by molar-refractivity contribution is -0.113. The van der Waals surface area contributed by atoms with Crippen LogP contribution in [0.1, 0.15) is 38.5 Å². The minimum atomic E-state index is -2.91. The highest BCUT2D eigenvalue weighted by atomic mass is 32.2. The second kappa shape index (κ2) is 5.70. The number of sulfone groups is 1. The number of piperidine rings is 1. The smallest absolute Gasteiger partial charge is 0.150 e. The molecular formula is C13H23NO3S. The molecule has 1 aliphatic carbocycles. The molecule has 1 saturated carbocycles. The van der Waals surface area contributed by atoms with Crippen molar-refractivity contribution in [2.45, 2.75) is 49.8 Å². The van der Waals surface area contributed by atoms with E-state index in [4.69, 9.17) is 0 Å². The zero-order valence-corrected chi connectivity index (χ0v) is 11.9. The topological polar surface area (TPSA) is 54.5 Å². The summed E-state index contributed by atoms with van der Waals surface area (Å²) in [7, 11) is -2.91. The molecule has 1 aliphatic heterocycles. The maximum Gasteiger partial charge on any atom is 0.150 e. The van der Waals surface area contributed by atoms with Crippen LogP contribution in [-0.4, -0.2) is 50.2 Å². The Balaban J connectivity index is 1.98. The second-order valence-electron chi connectivity index (χ2n) is 5.81. The highest BCUT2D eigenvalue weighted by Gasteiger charge is 2.33. The maximum atomic E-state index is 11.7. The van der Waals surface area contributed by atoms with Crippen molar-refractivity contribution in [2.24, 2.45) is 5.92 Å². The molecule has 0 spiro atoms. The van der Waals surface area contributed by atoms with Crippen LogP contribution in [0, 0.1) is 5.92 Å². The largest absolute Gasteiger partial charge is 0.303 e. The molecule has 2 rings (SSSR count). The third kappa shape index (κ3) is 3.32. The van der Waals surface area contributed by atoms with Crippen LogP contribution in [-0.2, 0) is 14.6 Å². The maximum absolute atomic E-state index is 11.7. The van der Waals surface area contributed by atoms with Crippen molar-refractivity contribution >= 4 is 16.1 Å². The fourth-order valence-electron chi connectivity index (χ4n) is 3.32. The van der Waals surface area contributed by atoms with Gasteiger partial charge in [0.05, 0.1) is 5.25 Å². The van der Waals surface area contributed by atoms with Gasteiger partial charge in [-0.3, -0.25) is 4.90 Å². The molecular weight excluding hydrogens is 250 g/mol. The van der Waals surface area contributed by atoms with E-state index in [-0.39, 0.29) is 11.2 Å². The summed E-state index contributed by atoms with van der Waals surface area (Å²) < 4.78 is 23.3. The van der Waals surface area contributed by atoms with Crippen LogP contribution in [0.5, 0.6) is 0 Å². The molecule has 0 radical (unpaired) electrons. The molecule has 4 nitrogen and oxygen atoms in total. The normalized spacial score (nSPS) is 35.3. The van der Waals surface area contributed by atoms with Crippen molar-refractivity contribution < 1.29 is 13.2 Å². The van der Waals surface area contributed by atoms with Crippen molar-refractivity contribution in [1.29, 1.82) is 0 Å². The Kier molecular flexibility index (Phi) is 4.43. The summed E-state index contributed by atoms with van der Waals surface area (Å²) in [6.07, 6.45) is 8.09. The Labute approximate surface area is 110 Å². The van der Waals surface area contributed by atoms with E-state index in [0.717, 1.165) is 57.9 Å². The fraction of sp³-hybridized carbons (Fsp3) is 0.923. The summed E-state index contributed by atoms with van der Waals surface area (Å²) in [5.41, 5.74) is 0. The predicted octanol–water partition coefficient (Wildman–Crippen LogP) is 1.25. The van der Waals surface area contributed by atoms with E-state index in [2.05, 4.69) is 4.90 Å². The number of nitrogens with zero attached hydrogens (tertiary/aromatic N) is 1. The van der Waals surface area contributed by atoms with Crippen molar-refractivity contribution in [1.82, 2.24) is 4.90 Å². The molecule has 2 fully saturated rings. The molecule has 1 heterocycles. The van der Waals surface area contributed by atoms with Crippen LogP contribution in [0.3, 0.4) is 0 Å². The van der Waals surface area contributed by atoms with Gasteiger partial charge >= 0.3 is 0 Å². The lowest BCUT2D eigenvalue weighted by Crippen LogP contribution is -2.46. The lowest BCUT2D eigenvalue weighted by atomic mass is 9.90. The predicted molar refractivity (Wildman–Crippen MR) is 71.2 cm³/mol. The zero-order valence-electron chi connectivity index (χ0n) is 11.0. The van der Waals surface area contributed by atoms with E-state index in [1.807, 2.05) is 0 Å². The molecule has 3 unspecified atom stereocenters. The number of aldehydes is 1. The summed E-state index contributed by atoms with van der Waals surface area (Å²) in [5, 5.41) is -0.173. The van der Waals surface area contributed by atoms with Crippen molar-refractivity contribution in [3.05, 3.63) is 0 Å². The van der Waals surface area contributed by atoms with E-state index in [1.54, 1.807) is 0 Å². The van der Waals surface area contributed by atoms with E-state index in [9.17, 15) is 13.2 Å². The van der Waals surface area contributed by atoms with Crippen molar-refractivity contribution in [2.75, 3.05) is 19.3 Å². The van der Waals surface area contributed by atoms with Gasteiger partial charge in [-0.15, -0.1) is 0 Å². The number of hydrogen-bond acceptors (Lipinski definition) is 4. The van der Waals surface area contributed by atoms with Crippen LogP contribution in [0.25, 0.3) is 0 Å². The zero-order chi connectivity index (χ0) is 13.2. The molecule has 2 aliphatic rings. The molecule has 104 valence electrons. The van der Waals surface area contributed by atoms with E-state index in [0.29, 0.717) is 6.04 Å². The van der Waals surface area contributed by atoms with Gasteiger partial charge in [0, 0.05) is 24.8 Å². The van der Waals surface area contributed by atoms with Crippen LogP contribution in [0.4, 0.5) is 0 Å². The van der Waals surface area contributed by atoms with Crippen LogP contribution < -0.4 is 0 Å². The third-order valence-electron chi connectivity index (χ3n) is 4.40. The Bertz CT molecular complexity index is 393. The van der Waals surface area contributed by atoms with E-state index >= 15 is 0 Å². The summed E-state index contributed by atoms with van der Waals surface area (Å²) in [6, 6.07) is 0.362. The number of rotatable bonds is 3. The number of hydrogen-bond donors (Lipinski definition) is 0. The van der Waals surface area contributed by atoms with Gasteiger partial charge < -0.3 is 4.79 Å². The van der Waals surface area contributed by atoms with Gasteiger partial charge in [-0.2, -0.15) is 0 Å². The van der Waals surface area contributed by atoms with Crippen molar-refractivity contribution in [3.63, 3.8) is 0 Å². The Morgan fingerprint density at radius 2 is 1.94 bits per heavy atom. The first kappa shape index (κ1) is 14.0. The summed E-state index contributed by atoms with van der Waals surface area (Å²) in [6.45, 7) is 1.84. The first-order valence-corrected chi connectivity index (χ1v) is 8.84. The minimum Gasteiger partial charge on any atom is -0.303 e. The van der Waals surface area contributed by atoms with E-state index in [1.165, 1.54) is 6.26 Å². The van der Waals surface area contributed by atoms with Crippen LogP contribution >= 0.6 is 0 Å². The molecule has 0 N–H and O–H groups in total. The lowest BCUT2D eigenvalue weighted by Gasteiger charge is -2.40. The number of carbonyl (C=O) groups excluding carboxylic acids is 1. The minimum absolute atomic E-state index is 0.150. The molecule has 18 heavy (non-hydrogen) atoms. The van der Waals surface area contributed by atoms with Gasteiger partial charge in [0.2, 0.25) is 0 Å². The molecule has 1 saturated heterocycles. The Morgan fingerprint density at radius 1 is 1.17 bits per heavy atom. The first-order chi connectivity index (χ1) is 8.50. The molecule has 0 aromatic heterocycles. The molecule has 0 bridgehead atoms. The monoisotopic (exact) mass is 273 g/mol. The van der Waals surface area contributed by atoms with Crippen LogP contribution in [0.2, 0.25) is 0 Å². The standard InChI is InChI=1S/C13H23NO3S/c1-18(16,17)13-6-2-5-12(8-13)14-7-3-4-11(9-14)10-15/h10-13H,2-9H2,1H3. The van der Waals surface area contributed by atoms with Gasteiger partial charge in [-0.1, -0.05) is 6.42 Å². The van der Waals surface area contributed by atoms with Gasteiger partial charge in [0.15, 0.2) is 0 Å². The highest BCUT2D eigenvalue weighted by Crippen LogP contribution is 2.29. The molecule has 5 heteroatoms. The molecule has 0 aromatic carbocycles. The Morgan fingerprint density at radius 3 is 2.61 bits per heavy atom. The Hall–Kier alpha value is -0.420. The summed E-state index contributed by atoms with van der Waals surface area (Å²) in [4.78, 5) is 13.2. The average Bonchev–Trinajstić information content (AvgIpc) is 2.38. The quantitative estimate of drug-likeness (QED) is 0.726. The molecule has 0 amide bonds. The first-order valence-electron chi connectivity index (χ1n) is 6.89. The van der Waals surface area contributed by atoms with Crippen molar-refractivity contribution in [3.8, 4) is 0 Å². The SMILES string of the molecule is CS(=O)(=O)C1CCCC(N2CCCC(C=O)C2)C1. The van der Waals surface area contributed by atoms with Gasteiger partial charge in [0.25, 0.3) is 0 Å². The highest BCUT2D eigenvalue weighted by molar-refractivity contribution is 7.91. The van der Waals surface area contributed by atoms with E-state index < -0.39 is 9.84 Å². The number of carbonyl (C=O) groups is 1. The van der Waals surface area contributed by atoms with Gasteiger partial charge in [0.1, 0.15) is 16.1 Å². The molecule has 0 aromatic rings. The molecule has 3 atom stereocenters. The average molecular weight is 273 g/mol. The summed E-state index contributed by atoms with van der Waals surface area (Å²) in [5.74, 6) is 0.150.